The fourth-order valence-electron chi connectivity index (χ4n) is 0.331. The number of amides is 2. The molecule has 0 bridgehead atoms. The zero-order valence-electron chi connectivity index (χ0n) is 5.26. The average molecular weight is 127 g/mol. The first-order valence-electron chi connectivity index (χ1n) is 2.72. The van der Waals surface area contributed by atoms with Crippen LogP contribution in [0.2, 0.25) is 0 Å². The number of hydrogen-bond donors (Lipinski definition) is 1. The van der Waals surface area contributed by atoms with Crippen LogP contribution in [0.1, 0.15) is 13.3 Å². The van der Waals surface area contributed by atoms with Crippen LogP contribution in [-0.4, -0.2) is 12.3 Å². The predicted octanol–water partition coefficient (Wildman–Crippen LogP) is 0.225. The molecule has 3 heteroatoms. The van der Waals surface area contributed by atoms with Crippen molar-refractivity contribution < 1.29 is 9.59 Å². The minimum absolute atomic E-state index is 0.363. The number of imide groups is 1. The molecule has 0 radical (unpaired) electrons. The standard InChI is InChI=1S/C6H9NO2/c1-2-3-4-6(9)7-5-8/h3-5H,2H2,1H3,(H,7,8,9). The van der Waals surface area contributed by atoms with Crippen LogP contribution in [0.25, 0.3) is 0 Å². The first kappa shape index (κ1) is 7.88. The topological polar surface area (TPSA) is 46.2 Å². The molecule has 9 heavy (non-hydrogen) atoms. The van der Waals surface area contributed by atoms with Crippen molar-refractivity contribution in [2.45, 2.75) is 13.3 Å². The van der Waals surface area contributed by atoms with Crippen molar-refractivity contribution in [2.24, 2.45) is 0 Å². The van der Waals surface area contributed by atoms with Gasteiger partial charge in [-0.15, -0.1) is 0 Å². The zero-order chi connectivity index (χ0) is 7.11. The molecule has 0 heterocycles. The Morgan fingerprint density at radius 3 is 2.78 bits per heavy atom. The van der Waals surface area contributed by atoms with Gasteiger partial charge >= 0.3 is 0 Å². The molecule has 0 aromatic rings. The Hall–Kier alpha value is -1.12. The summed E-state index contributed by atoms with van der Waals surface area (Å²) in [6, 6.07) is 0. The van der Waals surface area contributed by atoms with Gasteiger partial charge in [-0.05, 0) is 12.5 Å². The molecule has 0 rings (SSSR count). The minimum atomic E-state index is -0.369. The third-order valence-corrected chi connectivity index (χ3v) is 0.706. The lowest BCUT2D eigenvalue weighted by Crippen LogP contribution is -2.17. The molecular weight excluding hydrogens is 118 g/mol. The molecule has 0 atom stereocenters. The summed E-state index contributed by atoms with van der Waals surface area (Å²) in [6.07, 6.45) is 4.17. The normalized spacial score (nSPS) is 9.44. The molecule has 3 nitrogen and oxygen atoms in total. The van der Waals surface area contributed by atoms with Crippen molar-refractivity contribution in [1.29, 1.82) is 0 Å². The van der Waals surface area contributed by atoms with Gasteiger partial charge in [0.15, 0.2) is 0 Å². The Morgan fingerprint density at radius 2 is 2.33 bits per heavy atom. The van der Waals surface area contributed by atoms with Crippen LogP contribution >= 0.6 is 0 Å². The quantitative estimate of drug-likeness (QED) is 0.435. The highest BCUT2D eigenvalue weighted by Gasteiger charge is 1.87. The van der Waals surface area contributed by atoms with E-state index in [1.807, 2.05) is 12.2 Å². The van der Waals surface area contributed by atoms with Crippen molar-refractivity contribution in [3.05, 3.63) is 12.2 Å². The van der Waals surface area contributed by atoms with Gasteiger partial charge in [0.25, 0.3) is 0 Å². The van der Waals surface area contributed by atoms with Crippen LogP contribution in [0.3, 0.4) is 0 Å². The van der Waals surface area contributed by atoms with E-state index in [2.05, 4.69) is 0 Å². The molecule has 0 aliphatic carbocycles. The molecule has 0 saturated carbocycles. The third kappa shape index (κ3) is 4.74. The summed E-state index contributed by atoms with van der Waals surface area (Å²) in [7, 11) is 0. The highest BCUT2D eigenvalue weighted by atomic mass is 16.2. The summed E-state index contributed by atoms with van der Waals surface area (Å²) in [5.74, 6) is -0.369. The van der Waals surface area contributed by atoms with Crippen molar-refractivity contribution in [3.63, 3.8) is 0 Å². The molecule has 2 amide bonds. The van der Waals surface area contributed by atoms with Gasteiger partial charge in [0.2, 0.25) is 12.3 Å². The molecule has 0 aliphatic rings. The van der Waals surface area contributed by atoms with Crippen LogP contribution in [0.5, 0.6) is 0 Å². The van der Waals surface area contributed by atoms with Gasteiger partial charge in [-0.25, -0.2) is 0 Å². The molecule has 0 aromatic carbocycles. The van der Waals surface area contributed by atoms with Crippen LogP contribution in [-0.2, 0) is 9.59 Å². The summed E-state index contributed by atoms with van der Waals surface area (Å²) in [6.45, 7) is 1.91. The number of carbonyl (C=O) groups is 2. The molecule has 0 unspecified atom stereocenters. The van der Waals surface area contributed by atoms with Crippen molar-refractivity contribution in [1.82, 2.24) is 5.32 Å². The second-order valence-corrected chi connectivity index (χ2v) is 1.44. The molecule has 0 spiro atoms. The number of allylic oxidation sites excluding steroid dienone is 1. The van der Waals surface area contributed by atoms with E-state index in [9.17, 15) is 9.59 Å². The highest BCUT2D eigenvalue weighted by Crippen LogP contribution is 1.77. The second-order valence-electron chi connectivity index (χ2n) is 1.44. The summed E-state index contributed by atoms with van der Waals surface area (Å²) in [5, 5.41) is 1.97. The summed E-state index contributed by atoms with van der Waals surface area (Å²) < 4.78 is 0. The first-order valence-corrected chi connectivity index (χ1v) is 2.72. The lowest BCUT2D eigenvalue weighted by atomic mass is 10.4. The minimum Gasteiger partial charge on any atom is -0.295 e. The van der Waals surface area contributed by atoms with Gasteiger partial charge in [0, 0.05) is 0 Å². The van der Waals surface area contributed by atoms with E-state index in [4.69, 9.17) is 0 Å². The molecule has 0 fully saturated rings. The van der Waals surface area contributed by atoms with E-state index in [-0.39, 0.29) is 5.91 Å². The van der Waals surface area contributed by atoms with Crippen molar-refractivity contribution in [3.8, 4) is 0 Å². The summed E-state index contributed by atoms with van der Waals surface area (Å²) >= 11 is 0. The summed E-state index contributed by atoms with van der Waals surface area (Å²) in [4.78, 5) is 20.0. The number of nitrogens with one attached hydrogen (secondary N) is 1. The highest BCUT2D eigenvalue weighted by molar-refractivity contribution is 5.94. The Labute approximate surface area is 53.7 Å². The Balaban J connectivity index is 3.49. The fourth-order valence-corrected chi connectivity index (χ4v) is 0.331. The Morgan fingerprint density at radius 1 is 1.67 bits per heavy atom. The predicted molar refractivity (Wildman–Crippen MR) is 33.6 cm³/mol. The van der Waals surface area contributed by atoms with Gasteiger partial charge in [0.1, 0.15) is 0 Å². The SMILES string of the molecule is CCC=CC(=O)NC=O. The van der Waals surface area contributed by atoms with E-state index in [1.165, 1.54) is 6.08 Å². The van der Waals surface area contributed by atoms with E-state index in [1.54, 1.807) is 6.08 Å². The molecule has 0 saturated heterocycles. The van der Waals surface area contributed by atoms with Crippen molar-refractivity contribution in [2.75, 3.05) is 0 Å². The largest absolute Gasteiger partial charge is 0.295 e. The second kappa shape index (κ2) is 5.03. The fraction of sp³-hybridized carbons (Fsp3) is 0.333. The Kier molecular flexibility index (Phi) is 4.40. The van der Waals surface area contributed by atoms with Crippen LogP contribution in [0.4, 0.5) is 0 Å². The van der Waals surface area contributed by atoms with Gasteiger partial charge in [-0.2, -0.15) is 0 Å². The van der Waals surface area contributed by atoms with Gasteiger partial charge < -0.3 is 0 Å². The molecule has 50 valence electrons. The smallest absolute Gasteiger partial charge is 0.250 e. The molecule has 1 N–H and O–H groups in total. The zero-order valence-corrected chi connectivity index (χ0v) is 5.26. The van der Waals surface area contributed by atoms with E-state index < -0.39 is 0 Å². The summed E-state index contributed by atoms with van der Waals surface area (Å²) in [5.41, 5.74) is 0. The van der Waals surface area contributed by atoms with Gasteiger partial charge in [-0.1, -0.05) is 13.0 Å². The van der Waals surface area contributed by atoms with Crippen LogP contribution in [0, 0.1) is 0 Å². The molecule has 0 aromatic heterocycles. The number of rotatable bonds is 3. The monoisotopic (exact) mass is 127 g/mol. The maximum atomic E-state index is 10.4. The van der Waals surface area contributed by atoms with E-state index in [0.717, 1.165) is 6.42 Å². The lowest BCUT2D eigenvalue weighted by Gasteiger charge is -1.84. The molecular formula is C6H9NO2. The average Bonchev–Trinajstić information content (AvgIpc) is 1.85. The number of carbonyl (C=O) groups excluding carboxylic acids is 2. The van der Waals surface area contributed by atoms with Gasteiger partial charge in [0.05, 0.1) is 0 Å². The maximum absolute atomic E-state index is 10.4. The number of hydrogen-bond acceptors (Lipinski definition) is 2. The van der Waals surface area contributed by atoms with E-state index >= 15 is 0 Å². The lowest BCUT2D eigenvalue weighted by molar-refractivity contribution is -0.121. The maximum Gasteiger partial charge on any atom is 0.250 e. The first-order chi connectivity index (χ1) is 4.31. The van der Waals surface area contributed by atoms with Gasteiger partial charge in [-0.3, -0.25) is 14.9 Å². The van der Waals surface area contributed by atoms with E-state index in [0.29, 0.717) is 6.41 Å². The molecule has 0 aliphatic heterocycles. The van der Waals surface area contributed by atoms with Crippen molar-refractivity contribution >= 4 is 12.3 Å². The Bertz CT molecular complexity index is 129. The van der Waals surface area contributed by atoms with Crippen LogP contribution < -0.4 is 5.32 Å². The van der Waals surface area contributed by atoms with Crippen LogP contribution in [0.15, 0.2) is 12.2 Å². The third-order valence-electron chi connectivity index (χ3n) is 0.706.